The second-order valence-electron chi connectivity index (χ2n) is 3.40. The quantitative estimate of drug-likeness (QED) is 0.516. The average molecular weight is 310 g/mol. The highest BCUT2D eigenvalue weighted by Crippen LogP contribution is 2.26. The van der Waals surface area contributed by atoms with Crippen molar-refractivity contribution in [1.29, 1.82) is 0 Å². The fraction of sp³-hybridized carbons (Fsp3) is 0.0833. The van der Waals surface area contributed by atoms with Crippen LogP contribution in [0, 0.1) is 0 Å². The molecule has 0 amide bonds. The van der Waals surface area contributed by atoms with E-state index < -0.39 is 0 Å². The summed E-state index contributed by atoms with van der Waals surface area (Å²) >= 11 is 5.17. The zero-order chi connectivity index (χ0) is 12.1. The lowest BCUT2D eigenvalue weighted by Crippen LogP contribution is -2.10. The van der Waals surface area contributed by atoms with Gasteiger partial charge in [0.05, 0.1) is 0 Å². The smallest absolute Gasteiger partial charge is 0.143 e. The van der Waals surface area contributed by atoms with Crippen LogP contribution in [-0.2, 0) is 5.75 Å². The van der Waals surface area contributed by atoms with Gasteiger partial charge in [0.25, 0.3) is 0 Å². The molecule has 1 aromatic carbocycles. The number of benzene rings is 1. The Kier molecular flexibility index (Phi) is 4.42. The van der Waals surface area contributed by atoms with Gasteiger partial charge in [-0.2, -0.15) is 0 Å². The van der Waals surface area contributed by atoms with Crippen molar-refractivity contribution in [2.45, 2.75) is 10.6 Å². The van der Waals surface area contributed by atoms with Crippen molar-refractivity contribution >= 4 is 33.5 Å². The summed E-state index contributed by atoms with van der Waals surface area (Å²) in [5, 5.41) is 0. The molecule has 0 aliphatic rings. The van der Waals surface area contributed by atoms with Crippen molar-refractivity contribution in [3.8, 4) is 0 Å². The Morgan fingerprint density at radius 1 is 1.24 bits per heavy atom. The zero-order valence-electron chi connectivity index (χ0n) is 9.06. The van der Waals surface area contributed by atoms with E-state index in [1.165, 1.54) is 4.90 Å². The largest absolute Gasteiger partial charge is 0.308 e. The fourth-order valence-electron chi connectivity index (χ4n) is 1.38. The maximum absolute atomic E-state index is 5.41. The molecule has 17 heavy (non-hydrogen) atoms. The molecule has 1 heterocycles. The van der Waals surface area contributed by atoms with Crippen LogP contribution in [0.3, 0.4) is 0 Å². The molecular formula is C12H12BrN3S. The normalized spacial score (nSPS) is 10.2. The van der Waals surface area contributed by atoms with Crippen molar-refractivity contribution in [1.82, 2.24) is 4.98 Å². The minimum absolute atomic E-state index is 0.733. The van der Waals surface area contributed by atoms with Gasteiger partial charge in [-0.25, -0.2) is 10.8 Å². The number of nitrogens with one attached hydrogen (secondary N) is 1. The van der Waals surface area contributed by atoms with E-state index in [-0.39, 0.29) is 0 Å². The van der Waals surface area contributed by atoms with Crippen LogP contribution in [0.5, 0.6) is 0 Å². The molecule has 88 valence electrons. The number of nitrogen functional groups attached to an aromatic ring is 1. The number of hydrogen-bond acceptors (Lipinski definition) is 4. The highest BCUT2D eigenvalue weighted by molar-refractivity contribution is 9.10. The average Bonchev–Trinajstić information content (AvgIpc) is 2.38. The number of hydrogen-bond donors (Lipinski definition) is 2. The summed E-state index contributed by atoms with van der Waals surface area (Å²) in [6, 6.07) is 12.2. The van der Waals surface area contributed by atoms with Gasteiger partial charge in [0.2, 0.25) is 0 Å². The Labute approximate surface area is 113 Å². The predicted molar refractivity (Wildman–Crippen MR) is 75.8 cm³/mol. The summed E-state index contributed by atoms with van der Waals surface area (Å²) in [7, 11) is 0. The Bertz CT molecular complexity index is 487. The third-order valence-electron chi connectivity index (χ3n) is 2.24. The van der Waals surface area contributed by atoms with E-state index in [0.29, 0.717) is 0 Å². The predicted octanol–water partition coefficient (Wildman–Crippen LogP) is 3.42. The number of pyridine rings is 1. The Morgan fingerprint density at radius 3 is 2.71 bits per heavy atom. The SMILES string of the molecule is NNc1ncccc1CSc1ccc(Br)cc1. The van der Waals surface area contributed by atoms with Gasteiger partial charge >= 0.3 is 0 Å². The van der Waals surface area contributed by atoms with Gasteiger partial charge in [0.15, 0.2) is 0 Å². The van der Waals surface area contributed by atoms with Crippen LogP contribution in [0.15, 0.2) is 52.0 Å². The first kappa shape index (κ1) is 12.4. The minimum Gasteiger partial charge on any atom is -0.308 e. The summed E-state index contributed by atoms with van der Waals surface area (Å²) in [5.74, 6) is 6.99. The Hall–Kier alpha value is -1.04. The number of rotatable bonds is 4. The molecule has 0 bridgehead atoms. The van der Waals surface area contributed by atoms with E-state index in [9.17, 15) is 0 Å². The van der Waals surface area contributed by atoms with Gasteiger partial charge < -0.3 is 5.43 Å². The molecule has 2 rings (SSSR count). The highest BCUT2D eigenvalue weighted by atomic mass is 79.9. The molecule has 0 saturated carbocycles. The van der Waals surface area contributed by atoms with Crippen LogP contribution in [0.4, 0.5) is 5.82 Å². The molecule has 0 fully saturated rings. The van der Waals surface area contributed by atoms with Gasteiger partial charge in [-0.3, -0.25) is 0 Å². The maximum atomic E-state index is 5.41. The van der Waals surface area contributed by atoms with Crippen molar-refractivity contribution in [2.24, 2.45) is 5.84 Å². The van der Waals surface area contributed by atoms with E-state index in [1.807, 2.05) is 24.3 Å². The monoisotopic (exact) mass is 309 g/mol. The van der Waals surface area contributed by atoms with E-state index in [1.54, 1.807) is 18.0 Å². The summed E-state index contributed by atoms with van der Waals surface area (Å²) in [4.78, 5) is 5.39. The molecule has 0 aliphatic carbocycles. The van der Waals surface area contributed by atoms with Crippen LogP contribution >= 0.6 is 27.7 Å². The number of halogens is 1. The molecule has 3 N–H and O–H groups in total. The molecule has 0 unspecified atom stereocenters. The van der Waals surface area contributed by atoms with E-state index >= 15 is 0 Å². The van der Waals surface area contributed by atoms with E-state index in [2.05, 4.69) is 38.5 Å². The highest BCUT2D eigenvalue weighted by Gasteiger charge is 2.02. The second-order valence-corrected chi connectivity index (χ2v) is 5.36. The van der Waals surface area contributed by atoms with E-state index in [4.69, 9.17) is 5.84 Å². The maximum Gasteiger partial charge on any atom is 0.143 e. The molecule has 0 spiro atoms. The molecule has 0 radical (unpaired) electrons. The number of aromatic nitrogens is 1. The summed E-state index contributed by atoms with van der Waals surface area (Å²) < 4.78 is 1.09. The van der Waals surface area contributed by atoms with Crippen molar-refractivity contribution in [3.05, 3.63) is 52.6 Å². The molecule has 0 saturated heterocycles. The molecular weight excluding hydrogens is 298 g/mol. The third-order valence-corrected chi connectivity index (χ3v) is 3.83. The molecule has 1 aromatic heterocycles. The van der Waals surface area contributed by atoms with Gasteiger partial charge in [-0.05, 0) is 30.3 Å². The number of hydrazine groups is 1. The summed E-state index contributed by atoms with van der Waals surface area (Å²) in [6.07, 6.45) is 1.73. The zero-order valence-corrected chi connectivity index (χ0v) is 11.5. The molecule has 3 nitrogen and oxygen atoms in total. The molecule has 2 aromatic rings. The van der Waals surface area contributed by atoms with Gasteiger partial charge in [-0.1, -0.05) is 22.0 Å². The van der Waals surface area contributed by atoms with Crippen molar-refractivity contribution in [2.75, 3.05) is 5.43 Å². The first-order valence-electron chi connectivity index (χ1n) is 5.08. The van der Waals surface area contributed by atoms with Crippen LogP contribution in [0.1, 0.15) is 5.56 Å². The first-order chi connectivity index (χ1) is 8.29. The first-order valence-corrected chi connectivity index (χ1v) is 6.86. The molecule has 0 atom stereocenters. The number of thioether (sulfide) groups is 1. The van der Waals surface area contributed by atoms with Gasteiger partial charge in [-0.15, -0.1) is 11.8 Å². The van der Waals surface area contributed by atoms with Crippen LogP contribution < -0.4 is 11.3 Å². The van der Waals surface area contributed by atoms with Crippen molar-refractivity contribution < 1.29 is 0 Å². The standard InChI is InChI=1S/C12H12BrN3S/c13-10-3-5-11(6-4-10)17-8-9-2-1-7-15-12(9)16-14/h1-7H,8,14H2,(H,15,16). The Balaban J connectivity index is 2.04. The van der Waals surface area contributed by atoms with Crippen LogP contribution in [0.25, 0.3) is 0 Å². The lowest BCUT2D eigenvalue weighted by atomic mass is 10.3. The van der Waals surface area contributed by atoms with Crippen LogP contribution in [-0.4, -0.2) is 4.98 Å². The number of nitrogens with two attached hydrogens (primary N) is 1. The lowest BCUT2D eigenvalue weighted by Gasteiger charge is -2.07. The van der Waals surface area contributed by atoms with Crippen molar-refractivity contribution in [3.63, 3.8) is 0 Å². The summed E-state index contributed by atoms with van der Waals surface area (Å²) in [5.41, 5.74) is 3.71. The Morgan fingerprint density at radius 2 is 2.00 bits per heavy atom. The van der Waals surface area contributed by atoms with Gasteiger partial charge in [0.1, 0.15) is 5.82 Å². The van der Waals surface area contributed by atoms with Gasteiger partial charge in [0, 0.05) is 26.9 Å². The minimum atomic E-state index is 0.733. The molecule has 0 aliphatic heterocycles. The molecule has 5 heteroatoms. The van der Waals surface area contributed by atoms with E-state index in [0.717, 1.165) is 21.6 Å². The topological polar surface area (TPSA) is 50.9 Å². The lowest BCUT2D eigenvalue weighted by molar-refractivity contribution is 1.18. The summed E-state index contributed by atoms with van der Waals surface area (Å²) in [6.45, 7) is 0. The second kappa shape index (κ2) is 6.05. The third kappa shape index (κ3) is 3.46. The number of anilines is 1. The fourth-order valence-corrected chi connectivity index (χ4v) is 2.52. The number of nitrogens with zero attached hydrogens (tertiary/aromatic N) is 1. The van der Waals surface area contributed by atoms with Crippen LogP contribution in [0.2, 0.25) is 0 Å².